The van der Waals surface area contributed by atoms with Crippen LogP contribution in [-0.4, -0.2) is 23.1 Å². The van der Waals surface area contributed by atoms with E-state index < -0.39 is 0 Å². The molecule has 0 bridgehead atoms. The van der Waals surface area contributed by atoms with Crippen molar-refractivity contribution in [3.63, 3.8) is 0 Å². The van der Waals surface area contributed by atoms with Crippen LogP contribution in [0.1, 0.15) is 111 Å². The molecule has 0 radical (unpaired) electrons. The van der Waals surface area contributed by atoms with Crippen LogP contribution in [0.2, 0.25) is 0 Å². The highest BCUT2D eigenvalue weighted by molar-refractivity contribution is 6.34. The Morgan fingerprint density at radius 3 is 2.18 bits per heavy atom. The van der Waals surface area contributed by atoms with Gasteiger partial charge in [0, 0.05) is 18.3 Å². The van der Waals surface area contributed by atoms with Crippen LogP contribution in [0.25, 0.3) is 5.57 Å². The monoisotopic (exact) mass is 461 g/mol. The van der Waals surface area contributed by atoms with Gasteiger partial charge >= 0.3 is 0 Å². The molecule has 0 saturated carbocycles. The average molecular weight is 462 g/mol. The molecule has 3 heteroatoms. The zero-order chi connectivity index (χ0) is 25.4. The predicted molar refractivity (Wildman–Crippen MR) is 152 cm³/mol. The Labute approximate surface area is 209 Å². The third kappa shape index (κ3) is 6.37. The highest BCUT2D eigenvalue weighted by atomic mass is 15.5. The van der Waals surface area contributed by atoms with E-state index in [1.54, 1.807) is 6.20 Å². The van der Waals surface area contributed by atoms with Gasteiger partial charge in [-0.3, -0.25) is 0 Å². The number of nitrogens with zero attached hydrogens (tertiary/aromatic N) is 3. The number of aliphatic imine (C=N–C) groups is 1. The molecule has 0 fully saturated rings. The molecule has 0 aromatic heterocycles. The molecular formula is C31H47N3. The number of rotatable bonds is 11. The zero-order valence-corrected chi connectivity index (χ0v) is 23.3. The van der Waals surface area contributed by atoms with Gasteiger partial charge in [0.15, 0.2) is 5.84 Å². The molecule has 1 aliphatic rings. The van der Waals surface area contributed by atoms with Crippen molar-refractivity contribution in [3.05, 3.63) is 64.4 Å². The summed E-state index contributed by atoms with van der Waals surface area (Å²) in [4.78, 5) is 4.72. The second kappa shape index (κ2) is 12.9. The number of hydrogen-bond acceptors (Lipinski definition) is 2. The lowest BCUT2D eigenvalue weighted by Crippen LogP contribution is -2.29. The second-order valence-electron chi connectivity index (χ2n) is 10.2. The maximum absolute atomic E-state index is 5.20. The Bertz CT molecular complexity index is 978. The highest BCUT2D eigenvalue weighted by Gasteiger charge is 2.31. The second-order valence-corrected chi connectivity index (χ2v) is 10.2. The molecule has 0 unspecified atom stereocenters. The Hall–Kier alpha value is -2.42. The largest absolute Gasteiger partial charge is 0.246 e. The summed E-state index contributed by atoms with van der Waals surface area (Å²) in [5.74, 6) is 2.10. The molecule has 2 rings (SSSR count). The molecule has 0 atom stereocenters. The SMILES string of the molecule is C=C/N=C1\C(=C(C)C)C(/C(C)=C(\C)c2ccc(C(C)C)cc2CC)=NN1CC(CCC)CCC. The smallest absolute Gasteiger partial charge is 0.158 e. The van der Waals surface area contributed by atoms with Crippen molar-refractivity contribution in [3.8, 4) is 0 Å². The van der Waals surface area contributed by atoms with E-state index in [1.165, 1.54) is 59.1 Å². The Balaban J connectivity index is 2.61. The van der Waals surface area contributed by atoms with Gasteiger partial charge in [0.2, 0.25) is 0 Å². The third-order valence-electron chi connectivity index (χ3n) is 6.96. The minimum Gasteiger partial charge on any atom is -0.246 e. The fourth-order valence-electron chi connectivity index (χ4n) is 4.92. The van der Waals surface area contributed by atoms with E-state index in [2.05, 4.69) is 92.1 Å². The fourth-order valence-corrected chi connectivity index (χ4v) is 4.92. The van der Waals surface area contributed by atoms with Crippen LogP contribution >= 0.6 is 0 Å². The molecule has 1 heterocycles. The molecule has 0 N–H and O–H groups in total. The van der Waals surface area contributed by atoms with Gasteiger partial charge in [-0.2, -0.15) is 5.10 Å². The lowest BCUT2D eigenvalue weighted by Gasteiger charge is -2.22. The maximum atomic E-state index is 5.20. The Morgan fingerprint density at radius 1 is 1.03 bits per heavy atom. The molecule has 0 spiro atoms. The number of hydrazone groups is 1. The van der Waals surface area contributed by atoms with Crippen LogP contribution < -0.4 is 0 Å². The highest BCUT2D eigenvalue weighted by Crippen LogP contribution is 2.32. The number of aryl methyl sites for hydroxylation is 1. The number of hydrogen-bond donors (Lipinski definition) is 0. The van der Waals surface area contributed by atoms with Crippen LogP contribution in [0.5, 0.6) is 0 Å². The van der Waals surface area contributed by atoms with Gasteiger partial charge in [0.25, 0.3) is 0 Å². The van der Waals surface area contributed by atoms with E-state index in [0.29, 0.717) is 11.8 Å². The number of benzene rings is 1. The Morgan fingerprint density at radius 2 is 1.68 bits per heavy atom. The van der Waals surface area contributed by atoms with Crippen LogP contribution in [-0.2, 0) is 6.42 Å². The standard InChI is InChI=1S/C31H47N3/c1-11-15-25(16-12-2)20-34-31(32-14-4)29(22(7)8)30(33-34)24(10)23(9)28-18-17-27(21(5)6)19-26(28)13-3/h14,17-19,21,25H,4,11-13,15-16,20H2,1-3,5-10H3/b24-23+,32-31+. The topological polar surface area (TPSA) is 28.0 Å². The van der Waals surface area contributed by atoms with Gasteiger partial charge < -0.3 is 0 Å². The summed E-state index contributed by atoms with van der Waals surface area (Å²) >= 11 is 0. The molecule has 186 valence electrons. The molecule has 3 nitrogen and oxygen atoms in total. The normalized spacial score (nSPS) is 16.0. The predicted octanol–water partition coefficient (Wildman–Crippen LogP) is 8.93. The molecule has 34 heavy (non-hydrogen) atoms. The lowest BCUT2D eigenvalue weighted by atomic mass is 9.88. The zero-order valence-electron chi connectivity index (χ0n) is 23.3. The minimum atomic E-state index is 0.534. The van der Waals surface area contributed by atoms with E-state index in [9.17, 15) is 0 Å². The maximum Gasteiger partial charge on any atom is 0.158 e. The summed E-state index contributed by atoms with van der Waals surface area (Å²) in [6.45, 7) is 24.9. The summed E-state index contributed by atoms with van der Waals surface area (Å²) in [5.41, 5.74) is 10.1. The molecule has 1 aliphatic heterocycles. The van der Waals surface area contributed by atoms with E-state index >= 15 is 0 Å². The van der Waals surface area contributed by atoms with Crippen molar-refractivity contribution in [2.45, 2.75) is 100 Å². The molecule has 1 aromatic rings. The van der Waals surface area contributed by atoms with Gasteiger partial charge in [-0.15, -0.1) is 0 Å². The molecule has 0 aliphatic carbocycles. The molecule has 0 amide bonds. The number of allylic oxidation sites excluding steroid dienone is 3. The van der Waals surface area contributed by atoms with Crippen LogP contribution in [0.3, 0.4) is 0 Å². The quantitative estimate of drug-likeness (QED) is 0.323. The van der Waals surface area contributed by atoms with E-state index in [1.807, 2.05) is 0 Å². The third-order valence-corrected chi connectivity index (χ3v) is 6.96. The molecule has 0 saturated heterocycles. The van der Waals surface area contributed by atoms with Gasteiger partial charge in [0.1, 0.15) is 0 Å². The molecule has 1 aromatic carbocycles. The van der Waals surface area contributed by atoms with E-state index in [-0.39, 0.29) is 0 Å². The van der Waals surface area contributed by atoms with Gasteiger partial charge in [-0.1, -0.05) is 77.8 Å². The van der Waals surface area contributed by atoms with Crippen LogP contribution in [0.15, 0.2) is 57.8 Å². The van der Waals surface area contributed by atoms with Crippen molar-refractivity contribution >= 4 is 17.1 Å². The lowest BCUT2D eigenvalue weighted by molar-refractivity contribution is 0.321. The Kier molecular flexibility index (Phi) is 10.5. The fraction of sp³-hybridized carbons (Fsp3) is 0.548. The summed E-state index contributed by atoms with van der Waals surface area (Å²) in [5, 5.41) is 7.35. The van der Waals surface area contributed by atoms with Crippen molar-refractivity contribution in [2.75, 3.05) is 6.54 Å². The van der Waals surface area contributed by atoms with Crippen LogP contribution in [0.4, 0.5) is 0 Å². The van der Waals surface area contributed by atoms with Crippen molar-refractivity contribution < 1.29 is 0 Å². The van der Waals surface area contributed by atoms with Crippen molar-refractivity contribution in [1.82, 2.24) is 5.01 Å². The number of amidine groups is 1. The van der Waals surface area contributed by atoms with E-state index in [4.69, 9.17) is 10.1 Å². The van der Waals surface area contributed by atoms with Gasteiger partial charge in [0.05, 0.1) is 5.71 Å². The summed E-state index contributed by atoms with van der Waals surface area (Å²) in [6.07, 6.45) is 7.51. The first-order valence-electron chi connectivity index (χ1n) is 13.2. The minimum absolute atomic E-state index is 0.534. The first-order chi connectivity index (χ1) is 16.2. The van der Waals surface area contributed by atoms with Crippen molar-refractivity contribution in [1.29, 1.82) is 0 Å². The average Bonchev–Trinajstić information content (AvgIpc) is 3.16. The summed E-state index contributed by atoms with van der Waals surface area (Å²) < 4.78 is 0. The first-order valence-corrected chi connectivity index (χ1v) is 13.2. The first kappa shape index (κ1) is 27.8. The summed E-state index contributed by atoms with van der Waals surface area (Å²) in [6, 6.07) is 6.97. The van der Waals surface area contributed by atoms with E-state index in [0.717, 1.165) is 30.1 Å². The summed E-state index contributed by atoms with van der Waals surface area (Å²) in [7, 11) is 0. The van der Waals surface area contributed by atoms with Gasteiger partial charge in [-0.05, 0) is 86.6 Å². The molecular weight excluding hydrogens is 414 g/mol. The van der Waals surface area contributed by atoms with Crippen LogP contribution in [0, 0.1) is 5.92 Å². The van der Waals surface area contributed by atoms with Gasteiger partial charge in [-0.25, -0.2) is 10.0 Å². The van der Waals surface area contributed by atoms with Crippen molar-refractivity contribution in [2.24, 2.45) is 16.0 Å².